The number of aromatic hydroxyl groups is 1. The van der Waals surface area contributed by atoms with E-state index >= 15 is 0 Å². The highest BCUT2D eigenvalue weighted by atomic mass is 16.6. The van der Waals surface area contributed by atoms with Crippen LogP contribution < -0.4 is 10.6 Å². The Kier molecular flexibility index (Phi) is 10.2. The fourth-order valence-electron chi connectivity index (χ4n) is 3.37. The number of phenolic OH excluding ortho intramolecular Hbond substituents is 1. The van der Waals surface area contributed by atoms with Crippen LogP contribution in [0.1, 0.15) is 73.4 Å². The number of hydrogen-bond acceptors (Lipinski definition) is 5. The van der Waals surface area contributed by atoms with Crippen molar-refractivity contribution in [1.29, 1.82) is 0 Å². The molecule has 3 atom stereocenters. The minimum atomic E-state index is -1.14. The summed E-state index contributed by atoms with van der Waals surface area (Å²) in [6, 6.07) is 4.31. The normalized spacial score (nSPS) is 14.4. The lowest BCUT2D eigenvalue weighted by Gasteiger charge is -2.36. The number of benzene rings is 1. The number of phenols is 1. The summed E-state index contributed by atoms with van der Waals surface area (Å²) < 4.78 is 5.37. The highest BCUT2D eigenvalue weighted by molar-refractivity contribution is 5.93. The fourth-order valence-corrected chi connectivity index (χ4v) is 3.37. The van der Waals surface area contributed by atoms with Gasteiger partial charge in [0.2, 0.25) is 11.8 Å². The maximum absolute atomic E-state index is 13.9. The van der Waals surface area contributed by atoms with E-state index in [9.17, 15) is 19.5 Å². The number of rotatable bonds is 9. The number of hydrogen-bond donors (Lipinski definition) is 3. The first-order chi connectivity index (χ1) is 15.6. The van der Waals surface area contributed by atoms with E-state index in [-0.39, 0.29) is 23.8 Å². The molecule has 8 nitrogen and oxygen atoms in total. The molecule has 0 spiro atoms. The topological polar surface area (TPSA) is 108 Å². The molecule has 0 fully saturated rings. The van der Waals surface area contributed by atoms with Crippen molar-refractivity contribution < 1.29 is 24.2 Å². The average Bonchev–Trinajstić information content (AvgIpc) is 2.69. The van der Waals surface area contributed by atoms with Gasteiger partial charge in [0.1, 0.15) is 23.4 Å². The van der Waals surface area contributed by atoms with Gasteiger partial charge in [-0.1, -0.05) is 44.5 Å². The van der Waals surface area contributed by atoms with E-state index < -0.39 is 41.1 Å². The van der Waals surface area contributed by atoms with Gasteiger partial charge >= 0.3 is 6.09 Å². The van der Waals surface area contributed by atoms with Gasteiger partial charge in [-0.15, -0.1) is 6.58 Å². The smallest absolute Gasteiger partial charge is 0.408 e. The molecule has 3 amide bonds. The zero-order valence-corrected chi connectivity index (χ0v) is 21.8. The minimum Gasteiger partial charge on any atom is -0.508 e. The third-order valence-electron chi connectivity index (χ3n) is 5.05. The Morgan fingerprint density at radius 3 is 2.21 bits per heavy atom. The van der Waals surface area contributed by atoms with Crippen LogP contribution in [0.3, 0.4) is 0 Å². The first-order valence-electron chi connectivity index (χ1n) is 11.6. The third-order valence-corrected chi connectivity index (χ3v) is 5.05. The van der Waals surface area contributed by atoms with Crippen molar-refractivity contribution in [2.24, 2.45) is 5.92 Å². The standard InChI is InChI=1S/C26H41N3O5/c1-10-16-29(23(32)20(17(3)11-2)27-24(33)34-26(7,8)9)21(22(31)28-25(4,5)6)18-14-12-13-15-19(18)30/h10,12-15,17,20-21,30H,1,11,16H2,2-9H3,(H,27,33)(H,28,31). The molecule has 34 heavy (non-hydrogen) atoms. The number of carbonyl (C=O) groups is 3. The maximum Gasteiger partial charge on any atom is 0.408 e. The Morgan fingerprint density at radius 1 is 1.15 bits per heavy atom. The van der Waals surface area contributed by atoms with Gasteiger partial charge in [-0.05, 0) is 53.5 Å². The molecule has 8 heteroatoms. The van der Waals surface area contributed by atoms with Crippen LogP contribution in [0.5, 0.6) is 5.75 Å². The van der Waals surface area contributed by atoms with Crippen molar-refractivity contribution in [3.8, 4) is 5.75 Å². The molecule has 0 saturated carbocycles. The quantitative estimate of drug-likeness (QED) is 0.462. The number of nitrogens with zero attached hydrogens (tertiary/aromatic N) is 1. The highest BCUT2D eigenvalue weighted by Crippen LogP contribution is 2.31. The molecule has 3 N–H and O–H groups in total. The molecule has 0 aliphatic heterocycles. The second-order valence-corrected chi connectivity index (χ2v) is 10.5. The van der Waals surface area contributed by atoms with E-state index in [2.05, 4.69) is 17.2 Å². The number of para-hydroxylation sites is 1. The second kappa shape index (κ2) is 11.9. The summed E-state index contributed by atoms with van der Waals surface area (Å²) in [4.78, 5) is 41.2. The molecule has 0 aromatic heterocycles. The van der Waals surface area contributed by atoms with Crippen LogP contribution >= 0.6 is 0 Å². The lowest BCUT2D eigenvalue weighted by Crippen LogP contribution is -2.56. The van der Waals surface area contributed by atoms with Crippen LogP contribution in [0.4, 0.5) is 4.79 Å². The molecule has 0 saturated heterocycles. The van der Waals surface area contributed by atoms with E-state index in [1.54, 1.807) is 39.0 Å². The Bertz CT molecular complexity index is 870. The zero-order valence-electron chi connectivity index (χ0n) is 21.8. The van der Waals surface area contributed by atoms with Crippen molar-refractivity contribution in [3.63, 3.8) is 0 Å². The van der Waals surface area contributed by atoms with Crippen molar-refractivity contribution in [2.45, 2.75) is 85.0 Å². The van der Waals surface area contributed by atoms with Gasteiger partial charge in [0.25, 0.3) is 0 Å². The van der Waals surface area contributed by atoms with E-state index in [1.165, 1.54) is 17.0 Å². The lowest BCUT2D eigenvalue weighted by atomic mass is 9.95. The van der Waals surface area contributed by atoms with Crippen molar-refractivity contribution in [2.75, 3.05) is 6.54 Å². The largest absolute Gasteiger partial charge is 0.508 e. The summed E-state index contributed by atoms with van der Waals surface area (Å²) in [5.41, 5.74) is -1.04. The van der Waals surface area contributed by atoms with E-state index in [0.29, 0.717) is 6.42 Å². The van der Waals surface area contributed by atoms with Gasteiger partial charge in [-0.3, -0.25) is 9.59 Å². The molecule has 0 aliphatic rings. The first kappa shape index (κ1) is 29.0. The predicted molar refractivity (Wildman–Crippen MR) is 133 cm³/mol. The molecule has 0 aliphatic carbocycles. The van der Waals surface area contributed by atoms with E-state index in [4.69, 9.17) is 4.74 Å². The maximum atomic E-state index is 13.9. The summed E-state index contributed by atoms with van der Waals surface area (Å²) in [5.74, 6) is -1.29. The summed E-state index contributed by atoms with van der Waals surface area (Å²) in [5, 5.41) is 16.2. The summed E-state index contributed by atoms with van der Waals surface area (Å²) >= 11 is 0. The summed E-state index contributed by atoms with van der Waals surface area (Å²) in [6.07, 6.45) is 1.39. The molecule has 190 valence electrons. The van der Waals surface area contributed by atoms with Crippen LogP contribution in [-0.4, -0.2) is 51.6 Å². The van der Waals surface area contributed by atoms with Crippen molar-refractivity contribution >= 4 is 17.9 Å². The monoisotopic (exact) mass is 475 g/mol. The van der Waals surface area contributed by atoms with Gasteiger partial charge in [-0.2, -0.15) is 0 Å². The Labute approximate surface area is 203 Å². The van der Waals surface area contributed by atoms with E-state index in [1.807, 2.05) is 34.6 Å². The Morgan fingerprint density at radius 2 is 1.74 bits per heavy atom. The SMILES string of the molecule is C=CCN(C(=O)C(NC(=O)OC(C)(C)C)C(C)CC)C(C(=O)NC(C)(C)C)c1ccccc1O. The van der Waals surface area contributed by atoms with Crippen molar-refractivity contribution in [1.82, 2.24) is 15.5 Å². The molecule has 0 radical (unpaired) electrons. The van der Waals surface area contributed by atoms with Crippen LogP contribution in [0.15, 0.2) is 36.9 Å². The van der Waals surface area contributed by atoms with Gasteiger partial charge in [-0.25, -0.2) is 4.79 Å². The fraction of sp³-hybridized carbons (Fsp3) is 0.577. The highest BCUT2D eigenvalue weighted by Gasteiger charge is 2.39. The molecule has 3 unspecified atom stereocenters. The molecular weight excluding hydrogens is 434 g/mol. The number of nitrogens with one attached hydrogen (secondary N) is 2. The third kappa shape index (κ3) is 8.72. The first-order valence-corrected chi connectivity index (χ1v) is 11.6. The van der Waals surface area contributed by atoms with Crippen LogP contribution in [0.25, 0.3) is 0 Å². The van der Waals surface area contributed by atoms with Crippen molar-refractivity contribution in [3.05, 3.63) is 42.5 Å². The van der Waals surface area contributed by atoms with Gasteiger partial charge in [0.15, 0.2) is 0 Å². The molecule has 0 heterocycles. The molecule has 0 bridgehead atoms. The van der Waals surface area contributed by atoms with Gasteiger partial charge < -0.3 is 25.4 Å². The molecule has 1 aromatic rings. The van der Waals surface area contributed by atoms with Crippen LogP contribution in [0.2, 0.25) is 0 Å². The Hall–Kier alpha value is -3.03. The second-order valence-electron chi connectivity index (χ2n) is 10.5. The predicted octanol–water partition coefficient (Wildman–Crippen LogP) is 4.30. The number of carbonyl (C=O) groups excluding carboxylic acids is 3. The Balaban J connectivity index is 3.52. The average molecular weight is 476 g/mol. The number of ether oxygens (including phenoxy) is 1. The van der Waals surface area contributed by atoms with Gasteiger partial charge in [0, 0.05) is 17.6 Å². The van der Waals surface area contributed by atoms with Crippen LogP contribution in [0, 0.1) is 5.92 Å². The number of amides is 3. The minimum absolute atomic E-state index is 0.0261. The van der Waals surface area contributed by atoms with Crippen LogP contribution in [-0.2, 0) is 14.3 Å². The molecule has 1 aromatic carbocycles. The van der Waals surface area contributed by atoms with Gasteiger partial charge in [0.05, 0.1) is 0 Å². The van der Waals surface area contributed by atoms with E-state index in [0.717, 1.165) is 0 Å². The summed E-state index contributed by atoms with van der Waals surface area (Å²) in [7, 11) is 0. The molecule has 1 rings (SSSR count). The zero-order chi connectivity index (χ0) is 26.3. The number of alkyl carbamates (subject to hydrolysis) is 1. The summed E-state index contributed by atoms with van der Waals surface area (Å²) in [6.45, 7) is 18.2. The lowest BCUT2D eigenvalue weighted by molar-refractivity contribution is -0.143. The molecular formula is C26H41N3O5.